The van der Waals surface area contributed by atoms with E-state index in [2.05, 4.69) is 26.2 Å². The van der Waals surface area contributed by atoms with Crippen molar-refractivity contribution in [1.29, 1.82) is 0 Å². The topological polar surface area (TPSA) is 21.3 Å². The van der Waals surface area contributed by atoms with E-state index in [0.717, 1.165) is 24.0 Å². The molecule has 2 unspecified atom stereocenters. The molecule has 0 bridgehead atoms. The Kier molecular flexibility index (Phi) is 6.69. The Bertz CT molecular complexity index is 156. The molecule has 1 saturated heterocycles. The molecule has 1 aliphatic rings. The molecule has 1 aliphatic heterocycles. The average molecular weight is 231 g/mol. The quantitative estimate of drug-likeness (QED) is 0.759. The van der Waals surface area contributed by atoms with Crippen molar-refractivity contribution in [2.24, 2.45) is 5.92 Å². The fraction of sp³-hybridized carbons (Fsp3) is 1.00. The first-order chi connectivity index (χ1) is 7.31. The lowest BCUT2D eigenvalue weighted by atomic mass is 9.92. The summed E-state index contributed by atoms with van der Waals surface area (Å²) in [6, 6.07) is 0.544. The number of thioether (sulfide) groups is 1. The Labute approximate surface area is 98.5 Å². The summed E-state index contributed by atoms with van der Waals surface area (Å²) in [5.74, 6) is 3.17. The van der Waals surface area contributed by atoms with E-state index in [9.17, 15) is 0 Å². The Balaban J connectivity index is 2.38. The van der Waals surface area contributed by atoms with Crippen LogP contribution >= 0.6 is 11.8 Å². The van der Waals surface area contributed by atoms with E-state index in [4.69, 9.17) is 4.74 Å². The molecule has 15 heavy (non-hydrogen) atoms. The molecule has 2 atom stereocenters. The van der Waals surface area contributed by atoms with Gasteiger partial charge in [0.2, 0.25) is 0 Å². The number of hydrogen-bond donors (Lipinski definition) is 1. The van der Waals surface area contributed by atoms with Crippen LogP contribution in [0.25, 0.3) is 0 Å². The molecule has 1 fully saturated rings. The number of nitrogens with one attached hydrogen (secondary N) is 1. The summed E-state index contributed by atoms with van der Waals surface area (Å²) >= 11 is 2.02. The van der Waals surface area contributed by atoms with Crippen LogP contribution in [0.3, 0.4) is 0 Å². The second-order valence-corrected chi connectivity index (χ2v) is 5.45. The highest BCUT2D eigenvalue weighted by molar-refractivity contribution is 7.99. The number of ether oxygens (including phenoxy) is 1. The van der Waals surface area contributed by atoms with E-state index < -0.39 is 0 Å². The van der Waals surface area contributed by atoms with Gasteiger partial charge in [0.15, 0.2) is 0 Å². The summed E-state index contributed by atoms with van der Waals surface area (Å²) in [6.07, 6.45) is 4.26. The van der Waals surface area contributed by atoms with Crippen LogP contribution < -0.4 is 5.32 Å². The van der Waals surface area contributed by atoms with Gasteiger partial charge in [0.25, 0.3) is 0 Å². The second kappa shape index (κ2) is 7.53. The van der Waals surface area contributed by atoms with Crippen LogP contribution in [0.1, 0.15) is 33.1 Å². The molecule has 0 saturated carbocycles. The molecule has 1 N–H and O–H groups in total. The van der Waals surface area contributed by atoms with E-state index in [1.54, 1.807) is 0 Å². The largest absolute Gasteiger partial charge is 0.375 e. The number of hydrogen-bond acceptors (Lipinski definition) is 3. The molecular weight excluding hydrogens is 206 g/mol. The lowest BCUT2D eigenvalue weighted by Crippen LogP contribution is -2.44. The maximum absolute atomic E-state index is 5.84. The standard InChI is InChI=1S/C12H25NOS/c1-4-10(5-2)8-11(13-3)12-9-15-7-6-14-12/h10-13H,4-9H2,1-3H3. The van der Waals surface area contributed by atoms with Gasteiger partial charge in [-0.3, -0.25) is 0 Å². The molecule has 0 aromatic rings. The molecule has 0 aromatic carbocycles. The molecule has 0 spiro atoms. The van der Waals surface area contributed by atoms with Gasteiger partial charge in [-0.2, -0.15) is 11.8 Å². The fourth-order valence-electron chi connectivity index (χ4n) is 2.17. The van der Waals surface area contributed by atoms with E-state index in [1.807, 2.05) is 11.8 Å². The summed E-state index contributed by atoms with van der Waals surface area (Å²) in [4.78, 5) is 0. The van der Waals surface area contributed by atoms with Gasteiger partial charge in [-0.1, -0.05) is 26.7 Å². The van der Waals surface area contributed by atoms with Crippen molar-refractivity contribution in [2.45, 2.75) is 45.3 Å². The van der Waals surface area contributed by atoms with Crippen molar-refractivity contribution in [2.75, 3.05) is 25.2 Å². The predicted octanol–water partition coefficient (Wildman–Crippen LogP) is 2.53. The zero-order valence-electron chi connectivity index (χ0n) is 10.3. The van der Waals surface area contributed by atoms with Crippen molar-refractivity contribution in [3.8, 4) is 0 Å². The Morgan fingerprint density at radius 2 is 2.13 bits per heavy atom. The maximum atomic E-state index is 5.84. The first-order valence-corrected chi connectivity index (χ1v) is 7.33. The molecule has 1 rings (SSSR count). The van der Waals surface area contributed by atoms with Gasteiger partial charge in [0.1, 0.15) is 0 Å². The van der Waals surface area contributed by atoms with Crippen molar-refractivity contribution in [1.82, 2.24) is 5.32 Å². The van der Waals surface area contributed by atoms with Gasteiger partial charge < -0.3 is 10.1 Å². The maximum Gasteiger partial charge on any atom is 0.0818 e. The van der Waals surface area contributed by atoms with Crippen molar-refractivity contribution >= 4 is 11.8 Å². The highest BCUT2D eigenvalue weighted by atomic mass is 32.2. The molecule has 0 aliphatic carbocycles. The number of likely N-dealkylation sites (N-methyl/N-ethyl adjacent to an activating group) is 1. The van der Waals surface area contributed by atoms with Gasteiger partial charge in [0, 0.05) is 17.5 Å². The van der Waals surface area contributed by atoms with Gasteiger partial charge in [-0.05, 0) is 19.4 Å². The first-order valence-electron chi connectivity index (χ1n) is 6.18. The third kappa shape index (κ3) is 4.33. The summed E-state index contributed by atoms with van der Waals surface area (Å²) in [6.45, 7) is 5.51. The van der Waals surface area contributed by atoms with Gasteiger partial charge >= 0.3 is 0 Å². The van der Waals surface area contributed by atoms with Crippen molar-refractivity contribution in [3.63, 3.8) is 0 Å². The molecule has 0 amide bonds. The lowest BCUT2D eigenvalue weighted by molar-refractivity contribution is 0.0419. The SMILES string of the molecule is CCC(CC)CC(NC)C1CSCCO1. The molecule has 90 valence electrons. The van der Waals surface area contributed by atoms with Gasteiger partial charge in [-0.15, -0.1) is 0 Å². The lowest BCUT2D eigenvalue weighted by Gasteiger charge is -2.32. The minimum Gasteiger partial charge on any atom is -0.375 e. The zero-order valence-corrected chi connectivity index (χ0v) is 11.1. The molecule has 0 radical (unpaired) electrons. The number of rotatable bonds is 6. The molecule has 0 aromatic heterocycles. The minimum atomic E-state index is 0.425. The fourth-order valence-corrected chi connectivity index (χ4v) is 3.12. The van der Waals surface area contributed by atoms with Crippen LogP contribution in [0.5, 0.6) is 0 Å². The summed E-state index contributed by atoms with van der Waals surface area (Å²) in [7, 11) is 2.07. The van der Waals surface area contributed by atoms with E-state index in [0.29, 0.717) is 12.1 Å². The predicted molar refractivity (Wildman–Crippen MR) is 68.6 cm³/mol. The first kappa shape index (κ1) is 13.3. The van der Waals surface area contributed by atoms with Crippen molar-refractivity contribution in [3.05, 3.63) is 0 Å². The second-order valence-electron chi connectivity index (χ2n) is 4.30. The highest BCUT2D eigenvalue weighted by Gasteiger charge is 2.25. The highest BCUT2D eigenvalue weighted by Crippen LogP contribution is 2.22. The molecule has 2 nitrogen and oxygen atoms in total. The summed E-state index contributed by atoms with van der Waals surface area (Å²) in [5, 5.41) is 3.43. The van der Waals surface area contributed by atoms with Crippen LogP contribution in [0, 0.1) is 5.92 Å². The van der Waals surface area contributed by atoms with Crippen LogP contribution in [-0.4, -0.2) is 37.3 Å². The molecule has 1 heterocycles. The van der Waals surface area contributed by atoms with Crippen molar-refractivity contribution < 1.29 is 4.74 Å². The third-order valence-electron chi connectivity index (χ3n) is 3.40. The smallest absolute Gasteiger partial charge is 0.0818 e. The van der Waals surface area contributed by atoms with Gasteiger partial charge in [-0.25, -0.2) is 0 Å². The normalized spacial score (nSPS) is 24.4. The van der Waals surface area contributed by atoms with Crippen LogP contribution in [0.2, 0.25) is 0 Å². The van der Waals surface area contributed by atoms with Crippen LogP contribution in [-0.2, 0) is 4.74 Å². The Hall–Kier alpha value is 0.270. The summed E-state index contributed by atoms with van der Waals surface area (Å²) < 4.78 is 5.84. The van der Waals surface area contributed by atoms with E-state index in [-0.39, 0.29) is 0 Å². The summed E-state index contributed by atoms with van der Waals surface area (Å²) in [5.41, 5.74) is 0. The molecular formula is C12H25NOS. The average Bonchev–Trinajstić information content (AvgIpc) is 2.32. The Morgan fingerprint density at radius 1 is 1.40 bits per heavy atom. The zero-order chi connectivity index (χ0) is 11.1. The van der Waals surface area contributed by atoms with E-state index >= 15 is 0 Å². The minimum absolute atomic E-state index is 0.425. The Morgan fingerprint density at radius 3 is 2.60 bits per heavy atom. The van der Waals surface area contributed by atoms with E-state index in [1.165, 1.54) is 19.3 Å². The van der Waals surface area contributed by atoms with Gasteiger partial charge in [0.05, 0.1) is 12.7 Å². The monoisotopic (exact) mass is 231 g/mol. The van der Waals surface area contributed by atoms with Crippen LogP contribution in [0.4, 0.5) is 0 Å². The van der Waals surface area contributed by atoms with Crippen LogP contribution in [0.15, 0.2) is 0 Å². The molecule has 3 heteroatoms. The third-order valence-corrected chi connectivity index (χ3v) is 4.42.